The summed E-state index contributed by atoms with van der Waals surface area (Å²) in [4.78, 5) is 0. The molecule has 0 unspecified atom stereocenters. The van der Waals surface area contributed by atoms with Crippen LogP contribution in [0.15, 0.2) is 69.6 Å². The van der Waals surface area contributed by atoms with Gasteiger partial charge in [-0.3, -0.25) is 12.2 Å². The number of hydrogen-bond acceptors (Lipinski definition) is 4. The molecule has 1 aromatic carbocycles. The third-order valence-electron chi connectivity index (χ3n) is 2.70. The third-order valence-corrected chi connectivity index (χ3v) is 3.23. The van der Waals surface area contributed by atoms with E-state index < -0.39 is 0 Å². The maximum atomic E-state index is 5.30. The van der Waals surface area contributed by atoms with Crippen LogP contribution >= 0.6 is 15.9 Å². The molecule has 0 saturated heterocycles. The van der Waals surface area contributed by atoms with Gasteiger partial charge in [-0.25, -0.2) is 24.3 Å². The normalized spacial score (nSPS) is 12.1. The molecule has 0 fully saturated rings. The molecule has 0 saturated carbocycles. The second-order valence-electron chi connectivity index (χ2n) is 4.46. The Morgan fingerprint density at radius 3 is 1.85 bits per heavy atom. The van der Waals surface area contributed by atoms with Crippen molar-refractivity contribution in [3.63, 3.8) is 0 Å². The zero-order valence-electron chi connectivity index (χ0n) is 14.5. The number of nitrogen functional groups attached to an aromatic ring is 1. The predicted octanol–water partition coefficient (Wildman–Crippen LogP) is 5.53. The molecule has 0 amide bonds. The van der Waals surface area contributed by atoms with E-state index in [1.54, 1.807) is 6.92 Å². The van der Waals surface area contributed by atoms with E-state index >= 15 is 0 Å². The van der Waals surface area contributed by atoms with Crippen LogP contribution in [0.1, 0.15) is 19.8 Å². The van der Waals surface area contributed by atoms with E-state index in [1.807, 2.05) is 48.6 Å². The van der Waals surface area contributed by atoms with Crippen molar-refractivity contribution in [1.82, 2.24) is 10.2 Å². The van der Waals surface area contributed by atoms with Gasteiger partial charge in [0.25, 0.3) is 0 Å². The van der Waals surface area contributed by atoms with Gasteiger partial charge in [-0.05, 0) is 24.3 Å². The second kappa shape index (κ2) is 15.4. The van der Waals surface area contributed by atoms with Gasteiger partial charge in [-0.2, -0.15) is 19.1 Å². The molecule has 2 aromatic rings. The second-order valence-corrected chi connectivity index (χ2v) is 5.37. The van der Waals surface area contributed by atoms with Gasteiger partial charge < -0.3 is 17.1 Å². The Bertz CT molecular complexity index is 677. The Kier molecular flexibility index (Phi) is 14.3. The average molecular weight is 455 g/mol. The summed E-state index contributed by atoms with van der Waals surface area (Å²) in [7, 11) is 0. The summed E-state index contributed by atoms with van der Waals surface area (Å²) >= 11 is 3.33. The number of rotatable bonds is 1. The number of anilines is 1. The fourth-order valence-electron chi connectivity index (χ4n) is 1.62. The first-order valence-corrected chi connectivity index (χ1v) is 8.54. The summed E-state index contributed by atoms with van der Waals surface area (Å²) in [6.07, 6.45) is 20.0. The van der Waals surface area contributed by atoms with Crippen molar-refractivity contribution in [3.05, 3.63) is 84.3 Å². The van der Waals surface area contributed by atoms with Crippen LogP contribution in [0.25, 0.3) is 11.5 Å². The van der Waals surface area contributed by atoms with Crippen LogP contribution in [0.3, 0.4) is 0 Å². The summed E-state index contributed by atoms with van der Waals surface area (Å²) in [5, 5.41) is 7.32. The molecule has 26 heavy (non-hydrogen) atoms. The molecule has 2 aliphatic carbocycles. The Balaban J connectivity index is 0.000000399. The Morgan fingerprint density at radius 1 is 1.00 bits per heavy atom. The minimum absolute atomic E-state index is 0. The average Bonchev–Trinajstić information content (AvgIpc) is 3.43. The molecule has 1 radical (unpaired) electrons. The molecule has 4 rings (SSSR count). The van der Waals surface area contributed by atoms with Gasteiger partial charge in [0, 0.05) is 10.0 Å². The van der Waals surface area contributed by atoms with Crippen molar-refractivity contribution in [2.75, 3.05) is 5.73 Å². The predicted molar refractivity (Wildman–Crippen MR) is 106 cm³/mol. The number of nitrogens with two attached hydrogens (primary N) is 1. The van der Waals surface area contributed by atoms with Gasteiger partial charge in [0.15, 0.2) is 0 Å². The molecular formula is C20H21BrFeN3O. The summed E-state index contributed by atoms with van der Waals surface area (Å²) in [6.45, 7) is 5.00. The Hall–Kier alpha value is -1.88. The first-order valence-electron chi connectivity index (χ1n) is 7.75. The van der Waals surface area contributed by atoms with Crippen LogP contribution in [0.2, 0.25) is 0 Å². The van der Waals surface area contributed by atoms with Crippen LogP contribution in [-0.4, -0.2) is 10.2 Å². The van der Waals surface area contributed by atoms with Gasteiger partial charge in [-0.15, -0.1) is 17.9 Å². The number of aromatic nitrogens is 2. The van der Waals surface area contributed by atoms with E-state index in [0.717, 1.165) is 22.9 Å². The van der Waals surface area contributed by atoms with Gasteiger partial charge in [-0.1, -0.05) is 21.0 Å². The van der Waals surface area contributed by atoms with Crippen LogP contribution in [-0.2, 0) is 17.1 Å². The zero-order chi connectivity index (χ0) is 18.3. The van der Waals surface area contributed by atoms with E-state index in [2.05, 4.69) is 57.4 Å². The van der Waals surface area contributed by atoms with Crippen LogP contribution in [0, 0.1) is 19.1 Å². The van der Waals surface area contributed by atoms with E-state index in [9.17, 15) is 0 Å². The minimum Gasteiger partial charge on any atom is -0.404 e. The van der Waals surface area contributed by atoms with Crippen molar-refractivity contribution in [2.45, 2.75) is 19.8 Å². The van der Waals surface area contributed by atoms with Gasteiger partial charge in [0.1, 0.15) is 0 Å². The molecule has 0 atom stereocenters. The van der Waals surface area contributed by atoms with Crippen molar-refractivity contribution in [1.29, 1.82) is 0 Å². The number of halogens is 1. The maximum absolute atomic E-state index is 5.30. The topological polar surface area (TPSA) is 64.9 Å². The first kappa shape index (κ1) is 24.1. The quantitative estimate of drug-likeness (QED) is 0.454. The third kappa shape index (κ3) is 10.2. The molecule has 4 nitrogen and oxygen atoms in total. The summed E-state index contributed by atoms with van der Waals surface area (Å²) in [5.74, 6) is 0.435. The van der Waals surface area contributed by atoms with Crippen molar-refractivity contribution < 1.29 is 21.5 Å². The van der Waals surface area contributed by atoms with E-state index in [-0.39, 0.29) is 23.1 Å². The van der Waals surface area contributed by atoms with Crippen molar-refractivity contribution >= 4 is 21.9 Å². The van der Waals surface area contributed by atoms with Gasteiger partial charge >= 0.3 is 23.1 Å². The molecular weight excluding hydrogens is 434 g/mol. The number of hydrogen-bond donors (Lipinski definition) is 1. The van der Waals surface area contributed by atoms with Gasteiger partial charge in [0.05, 0.1) is 0 Å². The van der Waals surface area contributed by atoms with Gasteiger partial charge in [0.2, 0.25) is 5.89 Å². The Morgan fingerprint density at radius 2 is 1.54 bits per heavy atom. The van der Waals surface area contributed by atoms with Crippen molar-refractivity contribution in [2.24, 2.45) is 0 Å². The van der Waals surface area contributed by atoms with Crippen LogP contribution in [0.5, 0.6) is 0 Å². The molecule has 137 valence electrons. The first-order chi connectivity index (χ1) is 12.3. The molecule has 2 N–H and O–H groups in total. The standard InChI is InChI=1S/C8H6BrN3O.2C5H5.C2H5.Fe/c9-6-3-1-5(2-4-6)7-11-12-8(10)13-7;2*1-2-4-5-3-1;1-2;/h1-4H,(H2,10,12);2*1-3H,4H2;1H2,2H3;/q;3*-1;+3. The summed E-state index contributed by atoms with van der Waals surface area (Å²) < 4.78 is 6.05. The molecule has 1 heterocycles. The van der Waals surface area contributed by atoms with E-state index in [4.69, 9.17) is 10.2 Å². The molecule has 0 bridgehead atoms. The van der Waals surface area contributed by atoms with Crippen molar-refractivity contribution in [3.8, 4) is 11.5 Å². The number of allylic oxidation sites excluding steroid dienone is 8. The van der Waals surface area contributed by atoms with E-state index in [0.29, 0.717) is 5.89 Å². The van der Waals surface area contributed by atoms with Crippen LogP contribution in [0.4, 0.5) is 6.01 Å². The number of benzene rings is 1. The summed E-state index contributed by atoms with van der Waals surface area (Å²) in [5.41, 5.74) is 6.15. The molecule has 0 spiro atoms. The zero-order valence-corrected chi connectivity index (χ0v) is 17.2. The fraction of sp³-hybridized carbons (Fsp3) is 0.150. The SMILES string of the molecule is Nc1nnc(-c2ccc(Br)cc2)o1.[C-]1=CC=CC1.[C-]1=CC=CC1.[CH2-]C.[Fe+3]. The molecule has 6 heteroatoms. The fourth-order valence-corrected chi connectivity index (χ4v) is 1.89. The number of nitrogens with zero attached hydrogens (tertiary/aromatic N) is 2. The molecule has 0 aliphatic heterocycles. The molecule has 2 aliphatic rings. The maximum Gasteiger partial charge on any atom is 3.00 e. The smallest absolute Gasteiger partial charge is 0.404 e. The molecule has 1 aromatic heterocycles. The largest absolute Gasteiger partial charge is 3.00 e. The van der Waals surface area contributed by atoms with Crippen LogP contribution < -0.4 is 5.73 Å². The summed E-state index contributed by atoms with van der Waals surface area (Å²) in [6, 6.07) is 7.62. The Labute approximate surface area is 174 Å². The minimum atomic E-state index is 0. The van der Waals surface area contributed by atoms with E-state index in [1.165, 1.54) is 0 Å². The monoisotopic (exact) mass is 454 g/mol.